The minimum Gasteiger partial charge on any atom is -0.321 e. The highest BCUT2D eigenvalue weighted by atomic mass is 35.5. The number of carbonyl (C=O) groups excluding carboxylic acids is 1. The lowest BCUT2D eigenvalue weighted by Crippen LogP contribution is -2.33. The van der Waals surface area contributed by atoms with Gasteiger partial charge in [-0.2, -0.15) is 0 Å². The number of nitrogens with one attached hydrogen (secondary N) is 1. The summed E-state index contributed by atoms with van der Waals surface area (Å²) in [5, 5.41) is 4.83. The highest BCUT2D eigenvalue weighted by Gasteiger charge is 2.20. The first-order chi connectivity index (χ1) is 12.4. The third-order valence-corrected chi connectivity index (χ3v) is 4.84. The topological polar surface area (TPSA) is 45.2 Å². The van der Waals surface area contributed by atoms with Crippen LogP contribution in [0.15, 0.2) is 48.7 Å². The number of hydrogen-bond acceptors (Lipinski definition) is 2. The van der Waals surface area contributed by atoms with Gasteiger partial charge in [0.2, 0.25) is 0 Å². The molecular formula is C20H19ClFN3O. The van der Waals surface area contributed by atoms with Crippen LogP contribution in [0.1, 0.15) is 24.2 Å². The third-order valence-electron chi connectivity index (χ3n) is 4.55. The summed E-state index contributed by atoms with van der Waals surface area (Å²) in [6.45, 7) is 3.90. The molecule has 0 bridgehead atoms. The van der Waals surface area contributed by atoms with Crippen LogP contribution in [-0.2, 0) is 0 Å². The number of aromatic nitrogens is 1. The van der Waals surface area contributed by atoms with Crippen LogP contribution in [0.3, 0.4) is 0 Å². The molecule has 0 saturated heterocycles. The van der Waals surface area contributed by atoms with Gasteiger partial charge in [0.1, 0.15) is 5.82 Å². The number of hydrogen-bond donors (Lipinski definition) is 1. The maximum absolute atomic E-state index is 13.3. The summed E-state index contributed by atoms with van der Waals surface area (Å²) in [5.74, 6) is -0.524. The Kier molecular flexibility index (Phi) is 5.09. The first kappa shape index (κ1) is 18.1. The zero-order chi connectivity index (χ0) is 18.8. The van der Waals surface area contributed by atoms with Crippen LogP contribution in [0, 0.1) is 12.7 Å². The van der Waals surface area contributed by atoms with Crippen molar-refractivity contribution in [1.82, 2.24) is 9.88 Å². The molecule has 0 aliphatic carbocycles. The Bertz CT molecular complexity index is 976. The van der Waals surface area contributed by atoms with Crippen molar-refractivity contribution >= 4 is 34.1 Å². The summed E-state index contributed by atoms with van der Waals surface area (Å²) in [5.41, 5.74) is 2.35. The number of carbonyl (C=O) groups is 1. The van der Waals surface area contributed by atoms with Crippen LogP contribution >= 0.6 is 11.6 Å². The second-order valence-electron chi connectivity index (χ2n) is 6.19. The minimum absolute atomic E-state index is 0.0350. The molecule has 0 radical (unpaired) electrons. The summed E-state index contributed by atoms with van der Waals surface area (Å²) in [6, 6.07) is 11.6. The lowest BCUT2D eigenvalue weighted by Gasteiger charge is -2.26. The number of halogens is 2. The van der Waals surface area contributed by atoms with Crippen LogP contribution < -0.4 is 5.32 Å². The average Bonchev–Trinajstić information content (AvgIpc) is 2.64. The van der Waals surface area contributed by atoms with Crippen molar-refractivity contribution in [3.63, 3.8) is 0 Å². The van der Waals surface area contributed by atoms with E-state index in [9.17, 15) is 9.18 Å². The molecule has 2 amide bonds. The van der Waals surface area contributed by atoms with E-state index >= 15 is 0 Å². The Morgan fingerprint density at radius 2 is 1.92 bits per heavy atom. The zero-order valence-corrected chi connectivity index (χ0v) is 15.5. The summed E-state index contributed by atoms with van der Waals surface area (Å²) in [6.07, 6.45) is 1.81. The molecule has 0 saturated carbocycles. The Labute approximate surface area is 156 Å². The Balaban J connectivity index is 1.85. The number of aryl methyl sites for hydroxylation is 1. The van der Waals surface area contributed by atoms with E-state index in [1.54, 1.807) is 18.1 Å². The van der Waals surface area contributed by atoms with Gasteiger partial charge < -0.3 is 10.2 Å². The molecule has 1 N–H and O–H groups in total. The molecule has 1 heterocycles. The van der Waals surface area contributed by atoms with Gasteiger partial charge in [0.05, 0.1) is 11.1 Å². The minimum atomic E-state index is -0.524. The van der Waals surface area contributed by atoms with Crippen molar-refractivity contribution in [2.75, 3.05) is 12.4 Å². The van der Waals surface area contributed by atoms with Gasteiger partial charge in [0, 0.05) is 35.6 Å². The van der Waals surface area contributed by atoms with Gasteiger partial charge in [0.15, 0.2) is 0 Å². The van der Waals surface area contributed by atoms with E-state index < -0.39 is 5.82 Å². The molecule has 1 unspecified atom stereocenters. The van der Waals surface area contributed by atoms with Crippen LogP contribution in [0.25, 0.3) is 10.8 Å². The summed E-state index contributed by atoms with van der Waals surface area (Å²) >= 11 is 5.77. The molecule has 0 aliphatic rings. The van der Waals surface area contributed by atoms with Gasteiger partial charge in [-0.3, -0.25) is 4.98 Å². The predicted molar refractivity (Wildman–Crippen MR) is 103 cm³/mol. The highest BCUT2D eigenvalue weighted by molar-refractivity contribution is 6.31. The fourth-order valence-electron chi connectivity index (χ4n) is 2.86. The van der Waals surface area contributed by atoms with Crippen molar-refractivity contribution in [3.05, 3.63) is 70.8 Å². The fraction of sp³-hybridized carbons (Fsp3) is 0.200. The number of anilines is 1. The molecule has 0 spiro atoms. The van der Waals surface area contributed by atoms with E-state index in [4.69, 9.17) is 11.6 Å². The predicted octanol–water partition coefficient (Wildman–Crippen LogP) is 5.56. The van der Waals surface area contributed by atoms with Gasteiger partial charge in [0.25, 0.3) is 0 Å². The van der Waals surface area contributed by atoms with E-state index in [0.717, 1.165) is 22.0 Å². The van der Waals surface area contributed by atoms with E-state index in [2.05, 4.69) is 10.3 Å². The van der Waals surface area contributed by atoms with Crippen LogP contribution in [-0.4, -0.2) is 23.0 Å². The normalized spacial score (nSPS) is 12.0. The number of fused-ring (bicyclic) bond motifs is 1. The molecule has 6 heteroatoms. The number of amides is 2. The smallest absolute Gasteiger partial charge is 0.321 e. The summed E-state index contributed by atoms with van der Waals surface area (Å²) in [4.78, 5) is 18.6. The molecule has 4 nitrogen and oxygen atoms in total. The maximum atomic E-state index is 13.3. The van der Waals surface area contributed by atoms with Crippen molar-refractivity contribution < 1.29 is 9.18 Å². The zero-order valence-electron chi connectivity index (χ0n) is 14.8. The lowest BCUT2D eigenvalue weighted by atomic mass is 10.0. The number of pyridine rings is 1. The summed E-state index contributed by atoms with van der Waals surface area (Å²) in [7, 11) is 1.71. The molecule has 0 aliphatic heterocycles. The Morgan fingerprint density at radius 3 is 2.62 bits per heavy atom. The standard InChI is InChI=1S/C20H19ClFN3O/c1-12-15-6-4-5-7-16(15)17(11-23-12)13(2)25(3)20(26)24-14-8-9-19(22)18(21)10-14/h4-11,13H,1-3H3,(H,24,26). The fourth-order valence-corrected chi connectivity index (χ4v) is 3.04. The van der Waals surface area contributed by atoms with Crippen molar-refractivity contribution in [2.45, 2.75) is 19.9 Å². The van der Waals surface area contributed by atoms with Crippen molar-refractivity contribution in [3.8, 4) is 0 Å². The van der Waals surface area contributed by atoms with Crippen molar-refractivity contribution in [2.24, 2.45) is 0 Å². The Morgan fingerprint density at radius 1 is 1.23 bits per heavy atom. The Hall–Kier alpha value is -2.66. The number of nitrogens with zero attached hydrogens (tertiary/aromatic N) is 2. The van der Waals surface area contributed by atoms with Crippen LogP contribution in [0.5, 0.6) is 0 Å². The second kappa shape index (κ2) is 7.30. The largest absolute Gasteiger partial charge is 0.322 e. The maximum Gasteiger partial charge on any atom is 0.322 e. The molecule has 3 rings (SSSR count). The van der Waals surface area contributed by atoms with Gasteiger partial charge in [-0.15, -0.1) is 0 Å². The molecule has 1 aromatic heterocycles. The van der Waals surface area contributed by atoms with Crippen LogP contribution in [0.2, 0.25) is 5.02 Å². The van der Waals surface area contributed by atoms with E-state index in [-0.39, 0.29) is 17.1 Å². The van der Waals surface area contributed by atoms with E-state index in [1.165, 1.54) is 18.2 Å². The molecule has 26 heavy (non-hydrogen) atoms. The molecule has 134 valence electrons. The molecule has 0 fully saturated rings. The first-order valence-corrected chi connectivity index (χ1v) is 8.59. The summed E-state index contributed by atoms with van der Waals surface area (Å²) < 4.78 is 13.3. The van der Waals surface area contributed by atoms with Gasteiger partial charge in [-0.05, 0) is 37.4 Å². The number of rotatable bonds is 3. The van der Waals surface area contributed by atoms with E-state index in [1.807, 2.05) is 38.1 Å². The second-order valence-corrected chi connectivity index (χ2v) is 6.60. The van der Waals surface area contributed by atoms with Gasteiger partial charge in [-0.1, -0.05) is 35.9 Å². The third kappa shape index (κ3) is 3.48. The first-order valence-electron chi connectivity index (χ1n) is 8.21. The van der Waals surface area contributed by atoms with E-state index in [0.29, 0.717) is 5.69 Å². The molecule has 3 aromatic rings. The number of urea groups is 1. The van der Waals surface area contributed by atoms with Gasteiger partial charge >= 0.3 is 6.03 Å². The molecular weight excluding hydrogens is 353 g/mol. The van der Waals surface area contributed by atoms with Gasteiger partial charge in [-0.25, -0.2) is 9.18 Å². The monoisotopic (exact) mass is 371 g/mol. The number of benzene rings is 2. The van der Waals surface area contributed by atoms with Crippen LogP contribution in [0.4, 0.5) is 14.9 Å². The highest BCUT2D eigenvalue weighted by Crippen LogP contribution is 2.28. The quantitative estimate of drug-likeness (QED) is 0.655. The lowest BCUT2D eigenvalue weighted by molar-refractivity contribution is 0.208. The SMILES string of the molecule is Cc1ncc(C(C)N(C)C(=O)Nc2ccc(F)c(Cl)c2)c2ccccc12. The van der Waals surface area contributed by atoms with Crippen molar-refractivity contribution in [1.29, 1.82) is 0 Å². The molecule has 2 aromatic carbocycles. The average molecular weight is 372 g/mol. The molecule has 1 atom stereocenters.